The maximum Gasteiger partial charge on any atom is 0.262 e. The number of hydrogen-bond acceptors (Lipinski definition) is 7. The zero-order valence-electron chi connectivity index (χ0n) is 16.2. The van der Waals surface area contributed by atoms with Crippen LogP contribution in [0.25, 0.3) is 0 Å². The highest BCUT2D eigenvalue weighted by Crippen LogP contribution is 2.15. The smallest absolute Gasteiger partial charge is 0.262 e. The summed E-state index contributed by atoms with van der Waals surface area (Å²) >= 11 is 7.11. The Morgan fingerprint density at radius 2 is 1.84 bits per heavy atom. The van der Waals surface area contributed by atoms with Gasteiger partial charge in [0.25, 0.3) is 11.8 Å². The first-order valence-electron chi connectivity index (χ1n) is 9.08. The van der Waals surface area contributed by atoms with Crippen molar-refractivity contribution in [3.8, 4) is 5.75 Å². The van der Waals surface area contributed by atoms with Crippen LogP contribution >= 0.6 is 23.4 Å². The monoisotopic (exact) mass is 455 g/mol. The zero-order valence-corrected chi connectivity index (χ0v) is 17.8. The number of hydrogen-bond donors (Lipinski definition) is 2. The van der Waals surface area contributed by atoms with Crippen molar-refractivity contribution < 1.29 is 14.3 Å². The summed E-state index contributed by atoms with van der Waals surface area (Å²) in [4.78, 5) is 31.8. The number of halogens is 1. The van der Waals surface area contributed by atoms with Crippen molar-refractivity contribution in [3.05, 3.63) is 77.6 Å². The summed E-state index contributed by atoms with van der Waals surface area (Å²) in [5.41, 5.74) is 3.80. The molecule has 0 radical (unpaired) electrons. The van der Waals surface area contributed by atoms with Gasteiger partial charge in [-0.3, -0.25) is 9.59 Å². The fourth-order valence-corrected chi connectivity index (χ4v) is 3.05. The molecule has 0 atom stereocenters. The van der Waals surface area contributed by atoms with Crippen molar-refractivity contribution >= 4 is 47.1 Å². The Hall–Kier alpha value is -3.43. The topological polar surface area (TPSA) is 106 Å². The van der Waals surface area contributed by atoms with Gasteiger partial charge in [-0.15, -0.1) is 0 Å². The molecule has 0 saturated carbocycles. The molecule has 2 aromatic carbocycles. The molecular weight excluding hydrogens is 438 g/mol. The van der Waals surface area contributed by atoms with Crippen LogP contribution in [0.1, 0.15) is 5.56 Å². The first-order chi connectivity index (χ1) is 15.1. The Balaban J connectivity index is 1.39. The van der Waals surface area contributed by atoms with Crippen LogP contribution in [-0.4, -0.2) is 40.4 Å². The quantitative estimate of drug-likeness (QED) is 0.222. The van der Waals surface area contributed by atoms with E-state index in [2.05, 4.69) is 25.8 Å². The first-order valence-corrected chi connectivity index (χ1v) is 10.4. The van der Waals surface area contributed by atoms with E-state index in [1.54, 1.807) is 67.0 Å². The lowest BCUT2D eigenvalue weighted by atomic mass is 10.2. The van der Waals surface area contributed by atoms with Gasteiger partial charge in [0, 0.05) is 23.1 Å². The number of carbonyl (C=O) groups is 2. The van der Waals surface area contributed by atoms with Crippen LogP contribution in [0.2, 0.25) is 5.02 Å². The molecule has 0 aliphatic carbocycles. The fraction of sp³-hybridized carbons (Fsp3) is 0.0952. The minimum absolute atomic E-state index is 0.140. The van der Waals surface area contributed by atoms with E-state index in [0.717, 1.165) is 5.56 Å². The van der Waals surface area contributed by atoms with Crippen LogP contribution in [0.15, 0.2) is 77.2 Å². The van der Waals surface area contributed by atoms with Crippen LogP contribution in [0, 0.1) is 0 Å². The second-order valence-corrected chi connectivity index (χ2v) is 7.41. The van der Waals surface area contributed by atoms with Gasteiger partial charge in [0.15, 0.2) is 11.8 Å². The lowest BCUT2D eigenvalue weighted by Crippen LogP contribution is -2.20. The molecule has 8 nitrogen and oxygen atoms in total. The number of thioether (sulfide) groups is 1. The number of nitrogens with zero attached hydrogens (tertiary/aromatic N) is 3. The summed E-state index contributed by atoms with van der Waals surface area (Å²) in [6.45, 7) is -0.140. The molecule has 0 bridgehead atoms. The highest BCUT2D eigenvalue weighted by Gasteiger charge is 2.05. The van der Waals surface area contributed by atoms with Crippen LogP contribution in [-0.2, 0) is 9.59 Å². The third-order valence-electron chi connectivity index (χ3n) is 3.64. The average molecular weight is 456 g/mol. The van der Waals surface area contributed by atoms with E-state index in [9.17, 15) is 9.59 Å². The molecule has 10 heteroatoms. The van der Waals surface area contributed by atoms with Gasteiger partial charge in [-0.2, -0.15) is 5.10 Å². The van der Waals surface area contributed by atoms with Crippen LogP contribution in [0.5, 0.6) is 5.75 Å². The van der Waals surface area contributed by atoms with Gasteiger partial charge in [0.05, 0.1) is 12.0 Å². The predicted octanol–water partition coefficient (Wildman–Crippen LogP) is 3.39. The number of nitrogens with one attached hydrogen (secondary N) is 2. The number of carbonyl (C=O) groups excluding carboxylic acids is 2. The van der Waals surface area contributed by atoms with Crippen molar-refractivity contribution in [1.29, 1.82) is 0 Å². The fourth-order valence-electron chi connectivity index (χ4n) is 2.26. The Kier molecular flexibility index (Phi) is 8.39. The molecule has 2 amide bonds. The van der Waals surface area contributed by atoms with Crippen molar-refractivity contribution in [2.45, 2.75) is 5.16 Å². The third-order valence-corrected chi connectivity index (χ3v) is 4.75. The van der Waals surface area contributed by atoms with Gasteiger partial charge < -0.3 is 10.1 Å². The molecule has 3 rings (SSSR count). The molecule has 0 saturated heterocycles. The SMILES string of the molecule is O=C(CSc1ncccn1)N/N=C\c1ccc(OCC(=O)Nc2cccc(Cl)c2)cc1. The maximum absolute atomic E-state index is 12.0. The van der Waals surface area contributed by atoms with Gasteiger partial charge >= 0.3 is 0 Å². The van der Waals surface area contributed by atoms with Crippen molar-refractivity contribution in [3.63, 3.8) is 0 Å². The molecule has 3 aromatic rings. The van der Waals surface area contributed by atoms with Gasteiger partial charge in [0.2, 0.25) is 0 Å². The Morgan fingerprint density at radius 1 is 1.06 bits per heavy atom. The summed E-state index contributed by atoms with van der Waals surface area (Å²) in [5.74, 6) is 0.126. The van der Waals surface area contributed by atoms with Crippen LogP contribution in [0.3, 0.4) is 0 Å². The summed E-state index contributed by atoms with van der Waals surface area (Å²) in [6, 6.07) is 15.5. The van der Waals surface area contributed by atoms with E-state index in [4.69, 9.17) is 16.3 Å². The highest BCUT2D eigenvalue weighted by atomic mass is 35.5. The first kappa shape index (κ1) is 22.3. The van der Waals surface area contributed by atoms with Gasteiger partial charge in [-0.05, 0) is 54.1 Å². The van der Waals surface area contributed by atoms with E-state index in [1.807, 2.05) is 0 Å². The normalized spacial score (nSPS) is 10.6. The van der Waals surface area contributed by atoms with Gasteiger partial charge in [-0.25, -0.2) is 15.4 Å². The average Bonchev–Trinajstić information content (AvgIpc) is 2.78. The second kappa shape index (κ2) is 11.7. The standard InChI is InChI=1S/C21H18ClN5O3S/c22-16-3-1-4-17(11-16)26-19(28)13-30-18-7-5-15(6-8-18)12-25-27-20(29)14-31-21-23-9-2-10-24-21/h1-12H,13-14H2,(H,26,28)(H,27,29)/b25-12-. The minimum Gasteiger partial charge on any atom is -0.484 e. The largest absolute Gasteiger partial charge is 0.484 e. The van der Waals surface area contributed by atoms with Crippen LogP contribution < -0.4 is 15.5 Å². The van der Waals surface area contributed by atoms with E-state index >= 15 is 0 Å². The Bertz CT molecular complexity index is 1050. The highest BCUT2D eigenvalue weighted by molar-refractivity contribution is 7.99. The molecule has 1 heterocycles. The molecule has 0 unspecified atom stereocenters. The molecule has 0 aliphatic heterocycles. The van der Waals surface area contributed by atoms with E-state index in [1.165, 1.54) is 18.0 Å². The lowest BCUT2D eigenvalue weighted by molar-refractivity contribution is -0.119. The summed E-state index contributed by atoms with van der Waals surface area (Å²) in [5, 5.41) is 7.69. The van der Waals surface area contributed by atoms with Crippen LogP contribution in [0.4, 0.5) is 5.69 Å². The van der Waals surface area contributed by atoms with E-state index in [0.29, 0.717) is 21.6 Å². The summed E-state index contributed by atoms with van der Waals surface area (Å²) in [7, 11) is 0. The summed E-state index contributed by atoms with van der Waals surface area (Å²) in [6.07, 6.45) is 4.74. The number of aromatic nitrogens is 2. The molecular formula is C21H18ClN5O3S. The lowest BCUT2D eigenvalue weighted by Gasteiger charge is -2.08. The maximum atomic E-state index is 12.0. The number of rotatable bonds is 9. The molecule has 0 fully saturated rings. The van der Waals surface area contributed by atoms with Crippen molar-refractivity contribution in [2.24, 2.45) is 5.10 Å². The van der Waals surface area contributed by atoms with E-state index in [-0.39, 0.29) is 24.2 Å². The number of amides is 2. The third kappa shape index (κ3) is 8.07. The molecule has 0 aliphatic rings. The molecule has 0 spiro atoms. The predicted molar refractivity (Wildman–Crippen MR) is 121 cm³/mol. The molecule has 158 valence electrons. The van der Waals surface area contributed by atoms with Crippen molar-refractivity contribution in [2.75, 3.05) is 17.7 Å². The Morgan fingerprint density at radius 3 is 2.58 bits per heavy atom. The van der Waals surface area contributed by atoms with Gasteiger partial charge in [-0.1, -0.05) is 29.4 Å². The van der Waals surface area contributed by atoms with E-state index < -0.39 is 0 Å². The molecule has 2 N–H and O–H groups in total. The zero-order chi connectivity index (χ0) is 21.9. The minimum atomic E-state index is -0.297. The molecule has 31 heavy (non-hydrogen) atoms. The van der Waals surface area contributed by atoms with Crippen molar-refractivity contribution in [1.82, 2.24) is 15.4 Å². The number of hydrazone groups is 1. The number of benzene rings is 2. The number of ether oxygens (including phenoxy) is 1. The Labute approximate surface area is 188 Å². The number of anilines is 1. The second-order valence-electron chi connectivity index (χ2n) is 6.03. The summed E-state index contributed by atoms with van der Waals surface area (Å²) < 4.78 is 5.47. The van der Waals surface area contributed by atoms with Gasteiger partial charge in [0.1, 0.15) is 5.75 Å². The molecule has 1 aromatic heterocycles.